The first-order valence-corrected chi connectivity index (χ1v) is 12.9. The van der Waals surface area contributed by atoms with Gasteiger partial charge in [-0.25, -0.2) is 4.39 Å². The van der Waals surface area contributed by atoms with Crippen LogP contribution in [0.5, 0.6) is 0 Å². The maximum atomic E-state index is 13.8. The highest BCUT2D eigenvalue weighted by Crippen LogP contribution is 2.36. The molecule has 33 heavy (non-hydrogen) atoms. The maximum Gasteiger partial charge on any atom is 0.261 e. The molecule has 0 bridgehead atoms. The van der Waals surface area contributed by atoms with Gasteiger partial charge in [0.25, 0.3) is 8.32 Å². The molecule has 3 aromatic carbocycles. The molecule has 0 amide bonds. The van der Waals surface area contributed by atoms with Crippen LogP contribution in [0.4, 0.5) is 4.39 Å². The number of hydrogen-bond acceptors (Lipinski definition) is 4. The summed E-state index contributed by atoms with van der Waals surface area (Å²) in [6, 6.07) is 26.5. The van der Waals surface area contributed by atoms with Crippen LogP contribution in [0.2, 0.25) is 5.04 Å². The number of benzene rings is 3. The minimum absolute atomic E-state index is 0.0712. The van der Waals surface area contributed by atoms with Crippen molar-refractivity contribution >= 4 is 18.7 Å². The second kappa shape index (κ2) is 10.9. The van der Waals surface area contributed by atoms with E-state index in [1.807, 2.05) is 42.5 Å². The Morgan fingerprint density at radius 3 is 2.03 bits per heavy atom. The lowest BCUT2D eigenvalue weighted by Crippen LogP contribution is -2.67. The van der Waals surface area contributed by atoms with Gasteiger partial charge in [-0.1, -0.05) is 81.4 Å². The predicted octanol–water partition coefficient (Wildman–Crippen LogP) is 4.15. The molecule has 0 radical (unpaired) electrons. The third-order valence-electron chi connectivity index (χ3n) is 5.68. The molecule has 1 atom stereocenters. The second-order valence-electron chi connectivity index (χ2n) is 9.05. The van der Waals surface area contributed by atoms with Crippen molar-refractivity contribution in [3.8, 4) is 6.07 Å². The zero-order chi connectivity index (χ0) is 23.9. The van der Waals surface area contributed by atoms with Crippen LogP contribution >= 0.6 is 0 Å². The Balaban J connectivity index is 1.87. The van der Waals surface area contributed by atoms with Crippen molar-refractivity contribution in [1.82, 2.24) is 0 Å². The largest absolute Gasteiger partial charge is 0.405 e. The van der Waals surface area contributed by atoms with E-state index in [2.05, 4.69) is 45.0 Å². The van der Waals surface area contributed by atoms with E-state index < -0.39 is 20.2 Å². The van der Waals surface area contributed by atoms with E-state index in [0.29, 0.717) is 5.56 Å². The van der Waals surface area contributed by atoms with E-state index >= 15 is 0 Å². The second-order valence-corrected chi connectivity index (χ2v) is 13.4. The van der Waals surface area contributed by atoms with Crippen LogP contribution in [0.3, 0.4) is 0 Å². The zero-order valence-corrected chi connectivity index (χ0v) is 20.3. The lowest BCUT2D eigenvalue weighted by atomic mass is 10.1. The van der Waals surface area contributed by atoms with Crippen LogP contribution in [0.25, 0.3) is 0 Å². The highest BCUT2D eigenvalue weighted by molar-refractivity contribution is 6.99. The van der Waals surface area contributed by atoms with E-state index in [-0.39, 0.29) is 30.4 Å². The SMILES string of the molecule is CC(C)(C)[Si](OC[C@@H](CO)OCc1cc(F)cc(C#N)c1)(c1ccccc1)c1ccccc1. The fourth-order valence-electron chi connectivity index (χ4n) is 4.15. The Kier molecular flexibility index (Phi) is 8.17. The molecule has 172 valence electrons. The third kappa shape index (κ3) is 5.76. The number of halogens is 1. The van der Waals surface area contributed by atoms with E-state index in [0.717, 1.165) is 10.4 Å². The molecule has 0 aromatic heterocycles. The van der Waals surface area contributed by atoms with E-state index in [9.17, 15) is 9.50 Å². The quantitative estimate of drug-likeness (QED) is 0.484. The summed E-state index contributed by atoms with van der Waals surface area (Å²) in [5.41, 5.74) is 0.771. The molecule has 0 fully saturated rings. The Bertz CT molecular complexity index is 1040. The van der Waals surface area contributed by atoms with Crippen LogP contribution in [-0.4, -0.2) is 32.7 Å². The summed E-state index contributed by atoms with van der Waals surface area (Å²) in [6.07, 6.45) is -0.597. The van der Waals surface area contributed by atoms with Gasteiger partial charge in [-0.2, -0.15) is 5.26 Å². The smallest absolute Gasteiger partial charge is 0.261 e. The van der Waals surface area contributed by atoms with E-state index in [1.165, 1.54) is 12.1 Å². The Labute approximate surface area is 196 Å². The first kappa shape index (κ1) is 24.8. The van der Waals surface area contributed by atoms with Crippen LogP contribution in [-0.2, 0) is 15.8 Å². The van der Waals surface area contributed by atoms with Gasteiger partial charge in [0.1, 0.15) is 11.9 Å². The highest BCUT2D eigenvalue weighted by Gasteiger charge is 2.50. The summed E-state index contributed by atoms with van der Waals surface area (Å²) in [6.45, 7) is 6.57. The van der Waals surface area contributed by atoms with Gasteiger partial charge < -0.3 is 14.3 Å². The van der Waals surface area contributed by atoms with Crippen molar-refractivity contribution in [3.63, 3.8) is 0 Å². The molecule has 0 unspecified atom stereocenters. The molecule has 6 heteroatoms. The van der Waals surface area contributed by atoms with Gasteiger partial charge in [-0.3, -0.25) is 0 Å². The monoisotopic (exact) mass is 463 g/mol. The summed E-state index contributed by atoms with van der Waals surface area (Å²) < 4.78 is 26.4. The summed E-state index contributed by atoms with van der Waals surface area (Å²) in [7, 11) is -2.75. The molecule has 0 saturated carbocycles. The molecular formula is C27H30FNO3Si. The topological polar surface area (TPSA) is 62.5 Å². The first-order valence-electron chi connectivity index (χ1n) is 11.0. The third-order valence-corrected chi connectivity index (χ3v) is 10.7. The van der Waals surface area contributed by atoms with Crippen molar-refractivity contribution < 1.29 is 18.7 Å². The lowest BCUT2D eigenvalue weighted by Gasteiger charge is -2.43. The average molecular weight is 464 g/mol. The molecule has 0 spiro atoms. The standard InChI is InChI=1S/C27H30FNO3Si/c1-27(2,3)33(25-10-6-4-7-11-25,26-12-8-5-9-13-26)32-20-24(18-30)31-19-22-14-21(17-29)15-23(28)16-22/h4-16,24,30H,18-20H2,1-3H3/t24-/m1/s1. The highest BCUT2D eigenvalue weighted by atomic mass is 28.4. The summed E-state index contributed by atoms with van der Waals surface area (Å²) in [5.74, 6) is -0.489. The van der Waals surface area contributed by atoms with Crippen LogP contribution in [0.1, 0.15) is 31.9 Å². The lowest BCUT2D eigenvalue weighted by molar-refractivity contribution is -0.0247. The summed E-state index contributed by atoms with van der Waals surface area (Å²) in [5, 5.41) is 21.1. The number of hydrogen-bond donors (Lipinski definition) is 1. The molecule has 0 heterocycles. The van der Waals surface area contributed by atoms with Gasteiger partial charge in [0.2, 0.25) is 0 Å². The molecule has 3 aromatic rings. The molecular weight excluding hydrogens is 433 g/mol. The average Bonchev–Trinajstić information content (AvgIpc) is 2.81. The van der Waals surface area contributed by atoms with Gasteiger partial charge in [0.15, 0.2) is 0 Å². The van der Waals surface area contributed by atoms with Crippen molar-refractivity contribution in [3.05, 3.63) is 95.8 Å². The number of rotatable bonds is 9. The fraction of sp³-hybridized carbons (Fsp3) is 0.296. The van der Waals surface area contributed by atoms with Gasteiger partial charge in [0, 0.05) is 0 Å². The molecule has 0 aliphatic heterocycles. The minimum atomic E-state index is -2.75. The number of ether oxygens (including phenoxy) is 1. The van der Waals surface area contributed by atoms with Crippen molar-refractivity contribution in [2.24, 2.45) is 0 Å². The summed E-state index contributed by atoms with van der Waals surface area (Å²) >= 11 is 0. The van der Waals surface area contributed by atoms with Gasteiger partial charge in [-0.15, -0.1) is 0 Å². The predicted molar refractivity (Wildman–Crippen MR) is 130 cm³/mol. The minimum Gasteiger partial charge on any atom is -0.405 e. The molecule has 0 saturated heterocycles. The summed E-state index contributed by atoms with van der Waals surface area (Å²) in [4.78, 5) is 0. The molecule has 0 aliphatic rings. The van der Waals surface area contributed by atoms with Crippen LogP contribution < -0.4 is 10.4 Å². The number of nitriles is 1. The number of aliphatic hydroxyl groups excluding tert-OH is 1. The van der Waals surface area contributed by atoms with Crippen LogP contribution in [0.15, 0.2) is 78.9 Å². The Morgan fingerprint density at radius 2 is 1.55 bits per heavy atom. The Hall–Kier alpha value is -2.82. The maximum absolute atomic E-state index is 13.8. The van der Waals surface area contributed by atoms with E-state index in [1.54, 1.807) is 6.07 Å². The number of nitrogens with zero attached hydrogens (tertiary/aromatic N) is 1. The van der Waals surface area contributed by atoms with Gasteiger partial charge >= 0.3 is 0 Å². The van der Waals surface area contributed by atoms with Crippen molar-refractivity contribution in [2.45, 2.75) is 38.5 Å². The normalized spacial score (nSPS) is 12.8. The van der Waals surface area contributed by atoms with Gasteiger partial charge in [0.05, 0.1) is 31.5 Å². The van der Waals surface area contributed by atoms with E-state index in [4.69, 9.17) is 14.4 Å². The number of aliphatic hydroxyl groups is 1. The van der Waals surface area contributed by atoms with Crippen molar-refractivity contribution in [1.29, 1.82) is 5.26 Å². The van der Waals surface area contributed by atoms with Gasteiger partial charge in [-0.05, 0) is 39.2 Å². The fourth-order valence-corrected chi connectivity index (χ4v) is 8.74. The van der Waals surface area contributed by atoms with Crippen molar-refractivity contribution in [2.75, 3.05) is 13.2 Å². The first-order chi connectivity index (χ1) is 15.8. The molecule has 1 N–H and O–H groups in total. The molecule has 3 rings (SSSR count). The molecule has 4 nitrogen and oxygen atoms in total. The zero-order valence-electron chi connectivity index (χ0n) is 19.3. The Morgan fingerprint density at radius 1 is 0.970 bits per heavy atom. The molecule has 0 aliphatic carbocycles. The van der Waals surface area contributed by atoms with Crippen LogP contribution in [0, 0.1) is 17.1 Å².